The highest BCUT2D eigenvalue weighted by molar-refractivity contribution is 6.04. The molecule has 2 aromatic carbocycles. The Labute approximate surface area is 239 Å². The van der Waals surface area contributed by atoms with E-state index in [0.717, 1.165) is 24.5 Å². The molecule has 0 saturated carbocycles. The molecule has 11 heteroatoms. The van der Waals surface area contributed by atoms with E-state index in [2.05, 4.69) is 10.2 Å². The van der Waals surface area contributed by atoms with Gasteiger partial charge in [0.05, 0.1) is 25.7 Å². The summed E-state index contributed by atoms with van der Waals surface area (Å²) in [6.07, 6.45) is -1.30. The lowest BCUT2D eigenvalue weighted by Crippen LogP contribution is -2.56. The number of rotatable bonds is 9. The molecule has 0 aromatic heterocycles. The number of carbonyl (C=O) groups excluding carboxylic acids is 4. The van der Waals surface area contributed by atoms with Gasteiger partial charge in [-0.25, -0.2) is 4.85 Å². The summed E-state index contributed by atoms with van der Waals surface area (Å²) in [4.78, 5) is 58.4. The van der Waals surface area contributed by atoms with E-state index in [0.29, 0.717) is 36.6 Å². The number of nitrogens with one attached hydrogen (secondary N) is 1. The molecule has 0 bridgehead atoms. The van der Waals surface area contributed by atoms with Crippen LogP contribution in [0, 0.1) is 6.57 Å². The fourth-order valence-electron chi connectivity index (χ4n) is 5.05. The topological polar surface area (TPSA) is 119 Å². The van der Waals surface area contributed by atoms with E-state index in [1.165, 1.54) is 4.90 Å². The number of amides is 3. The number of esters is 1. The highest BCUT2D eigenvalue weighted by Gasteiger charge is 2.42. The van der Waals surface area contributed by atoms with Crippen LogP contribution in [0.1, 0.15) is 31.4 Å². The van der Waals surface area contributed by atoms with Crippen LogP contribution in [0.25, 0.3) is 4.85 Å². The monoisotopic (exact) mass is 562 g/mol. The average molecular weight is 563 g/mol. The second kappa shape index (κ2) is 13.4. The molecular weight excluding hydrogens is 528 g/mol. The summed E-state index contributed by atoms with van der Waals surface area (Å²) in [7, 11) is 1.64. The Kier molecular flexibility index (Phi) is 9.70. The molecule has 2 aliphatic rings. The van der Waals surface area contributed by atoms with Gasteiger partial charge in [0.2, 0.25) is 12.0 Å². The number of likely N-dealkylation sites (tertiary alicyclic amines) is 1. The van der Waals surface area contributed by atoms with Gasteiger partial charge in [0.1, 0.15) is 0 Å². The SMILES string of the molecule is [C-]#[N+]c1ccc(NC(=O)[C@H](OC(C)=O)[C@H]2OCCN(c3cccc(CC(=O)N4CC[C@@H](OC)C4)c3)C2=O)cc1CC. The van der Waals surface area contributed by atoms with Crippen molar-refractivity contribution in [2.45, 2.75) is 51.4 Å². The van der Waals surface area contributed by atoms with Crippen LogP contribution in [0.2, 0.25) is 0 Å². The van der Waals surface area contributed by atoms with Gasteiger partial charge in [-0.15, -0.1) is 0 Å². The summed E-state index contributed by atoms with van der Waals surface area (Å²) < 4.78 is 16.3. The second-order valence-corrected chi connectivity index (χ2v) is 9.94. The van der Waals surface area contributed by atoms with Crippen molar-refractivity contribution in [3.05, 3.63) is 65.0 Å². The number of anilines is 2. The molecule has 0 aliphatic carbocycles. The number of hydrogen-bond acceptors (Lipinski definition) is 7. The van der Waals surface area contributed by atoms with E-state index >= 15 is 0 Å². The Hall–Kier alpha value is -4.27. The number of methoxy groups -OCH3 is 1. The third kappa shape index (κ3) is 7.09. The Morgan fingerprint density at radius 1 is 1.20 bits per heavy atom. The lowest BCUT2D eigenvalue weighted by Gasteiger charge is -2.35. The van der Waals surface area contributed by atoms with E-state index in [9.17, 15) is 19.2 Å². The lowest BCUT2D eigenvalue weighted by atomic mass is 10.1. The van der Waals surface area contributed by atoms with Gasteiger partial charge >= 0.3 is 5.97 Å². The fourth-order valence-corrected chi connectivity index (χ4v) is 5.05. The zero-order valence-corrected chi connectivity index (χ0v) is 23.4. The number of benzene rings is 2. The van der Waals surface area contributed by atoms with Crippen LogP contribution in [-0.2, 0) is 46.2 Å². The van der Waals surface area contributed by atoms with E-state index in [-0.39, 0.29) is 31.6 Å². The van der Waals surface area contributed by atoms with Crippen molar-refractivity contribution in [2.75, 3.05) is 43.6 Å². The molecule has 2 heterocycles. The lowest BCUT2D eigenvalue weighted by molar-refractivity contribution is -0.167. The van der Waals surface area contributed by atoms with Gasteiger partial charge in [-0.1, -0.05) is 25.1 Å². The van der Waals surface area contributed by atoms with Gasteiger partial charge in [0.15, 0.2) is 11.8 Å². The first kappa shape index (κ1) is 29.7. The predicted molar refractivity (Wildman–Crippen MR) is 150 cm³/mol. The Morgan fingerprint density at radius 3 is 2.68 bits per heavy atom. The molecule has 1 N–H and O–H groups in total. The van der Waals surface area contributed by atoms with Gasteiger partial charge < -0.3 is 29.3 Å². The summed E-state index contributed by atoms with van der Waals surface area (Å²) in [5.41, 5.74) is 2.93. The minimum atomic E-state index is -1.54. The van der Waals surface area contributed by atoms with Crippen LogP contribution in [-0.4, -0.2) is 80.3 Å². The normalized spacial score (nSPS) is 19.4. The third-order valence-corrected chi connectivity index (χ3v) is 7.21. The first-order chi connectivity index (χ1) is 19.7. The highest BCUT2D eigenvalue weighted by Crippen LogP contribution is 2.26. The zero-order valence-electron chi connectivity index (χ0n) is 23.4. The first-order valence-electron chi connectivity index (χ1n) is 13.5. The number of nitrogens with zero attached hydrogens (tertiary/aromatic N) is 3. The standard InChI is InChI=1S/C30H34N4O7/c1-5-21-17-22(9-10-25(21)31-3)32-29(37)27(41-19(2)35)28-30(38)34(13-14-40-28)23-8-6-7-20(15-23)16-26(36)33-12-11-24(18-33)39-4/h6-10,15,17,24,27-28H,5,11-14,16,18H2,1-2,4H3,(H,32,37)/t24-,27-,28-/m1/s1. The van der Waals surface area contributed by atoms with Crippen LogP contribution in [0.15, 0.2) is 42.5 Å². The van der Waals surface area contributed by atoms with Crippen molar-refractivity contribution in [2.24, 2.45) is 0 Å². The quantitative estimate of drug-likeness (QED) is 0.369. The van der Waals surface area contributed by atoms with Gasteiger partial charge in [-0.05, 0) is 48.2 Å². The van der Waals surface area contributed by atoms with Crippen LogP contribution in [0.5, 0.6) is 0 Å². The Balaban J connectivity index is 1.50. The number of carbonyl (C=O) groups is 4. The molecule has 11 nitrogen and oxygen atoms in total. The first-order valence-corrected chi connectivity index (χ1v) is 13.5. The molecule has 3 amide bonds. The Morgan fingerprint density at radius 2 is 2.00 bits per heavy atom. The second-order valence-electron chi connectivity index (χ2n) is 9.94. The predicted octanol–water partition coefficient (Wildman–Crippen LogP) is 2.89. The molecular formula is C30H34N4O7. The summed E-state index contributed by atoms with van der Waals surface area (Å²) in [6, 6.07) is 12.0. The highest BCUT2D eigenvalue weighted by atomic mass is 16.6. The number of ether oxygens (including phenoxy) is 3. The van der Waals surface area contributed by atoms with Gasteiger partial charge in [-0.2, -0.15) is 0 Å². The van der Waals surface area contributed by atoms with Crippen LogP contribution in [0.4, 0.5) is 17.1 Å². The molecule has 2 aromatic rings. The maximum atomic E-state index is 13.6. The van der Waals surface area contributed by atoms with E-state index < -0.39 is 30.0 Å². The molecule has 41 heavy (non-hydrogen) atoms. The van der Waals surface area contributed by atoms with Crippen LogP contribution >= 0.6 is 0 Å². The maximum Gasteiger partial charge on any atom is 0.303 e. The summed E-state index contributed by atoms with van der Waals surface area (Å²) >= 11 is 0. The van der Waals surface area contributed by atoms with E-state index in [1.807, 2.05) is 13.0 Å². The van der Waals surface area contributed by atoms with Crippen molar-refractivity contribution in [1.29, 1.82) is 0 Å². The molecule has 216 valence electrons. The Bertz CT molecular complexity index is 1350. The molecule has 0 spiro atoms. The molecule has 3 atom stereocenters. The minimum Gasteiger partial charge on any atom is -0.449 e. The summed E-state index contributed by atoms with van der Waals surface area (Å²) in [5, 5.41) is 2.69. The number of aryl methyl sites for hydroxylation is 1. The van der Waals surface area contributed by atoms with Crippen molar-refractivity contribution in [3.8, 4) is 0 Å². The molecule has 4 rings (SSSR count). The molecule has 0 radical (unpaired) electrons. The third-order valence-electron chi connectivity index (χ3n) is 7.21. The van der Waals surface area contributed by atoms with Gasteiger partial charge in [-0.3, -0.25) is 19.2 Å². The minimum absolute atomic E-state index is 0.0184. The molecule has 0 unspecified atom stereocenters. The van der Waals surface area contributed by atoms with Crippen LogP contribution < -0.4 is 10.2 Å². The van der Waals surface area contributed by atoms with Crippen LogP contribution in [0.3, 0.4) is 0 Å². The van der Waals surface area contributed by atoms with Crippen molar-refractivity contribution in [3.63, 3.8) is 0 Å². The van der Waals surface area contributed by atoms with E-state index in [4.69, 9.17) is 20.8 Å². The van der Waals surface area contributed by atoms with Crippen molar-refractivity contribution in [1.82, 2.24) is 4.90 Å². The largest absolute Gasteiger partial charge is 0.449 e. The van der Waals surface area contributed by atoms with Crippen molar-refractivity contribution >= 4 is 40.8 Å². The number of morpholine rings is 1. The number of hydrogen-bond donors (Lipinski definition) is 1. The van der Waals surface area contributed by atoms with E-state index in [1.54, 1.807) is 48.4 Å². The molecule has 2 saturated heterocycles. The zero-order chi connectivity index (χ0) is 29.5. The summed E-state index contributed by atoms with van der Waals surface area (Å²) in [6.45, 7) is 11.9. The maximum absolute atomic E-state index is 13.6. The van der Waals surface area contributed by atoms with Gasteiger partial charge in [0.25, 0.3) is 11.8 Å². The average Bonchev–Trinajstić information content (AvgIpc) is 3.46. The van der Waals surface area contributed by atoms with Gasteiger partial charge in [0, 0.05) is 45.0 Å². The fraction of sp³-hybridized carbons (Fsp3) is 0.433. The molecule has 2 fully saturated rings. The summed E-state index contributed by atoms with van der Waals surface area (Å²) in [5.74, 6) is -2.02. The molecule has 2 aliphatic heterocycles. The van der Waals surface area contributed by atoms with Crippen molar-refractivity contribution < 1.29 is 33.4 Å². The smallest absolute Gasteiger partial charge is 0.303 e.